The molecule has 0 aromatic heterocycles. The largest absolute Gasteiger partial charge is 0.573 e. The monoisotopic (exact) mass is 304 g/mol. The van der Waals surface area contributed by atoms with Gasteiger partial charge in [-0.25, -0.2) is 0 Å². The summed E-state index contributed by atoms with van der Waals surface area (Å²) in [5.74, 6) is -0.253. The summed E-state index contributed by atoms with van der Waals surface area (Å²) in [4.78, 5) is 0. The number of benzene rings is 1. The Bertz CT molecular complexity index is 458. The normalized spacial score (nSPS) is 26.6. The SMILES string of the molecule is CCC1CC(O)(Cc2ccc(OC(F)(F)F)cc2)CCO1. The van der Waals surface area contributed by atoms with E-state index in [4.69, 9.17) is 4.74 Å². The lowest BCUT2D eigenvalue weighted by Crippen LogP contribution is -2.42. The van der Waals surface area contributed by atoms with Crippen molar-refractivity contribution in [2.75, 3.05) is 6.61 Å². The van der Waals surface area contributed by atoms with E-state index in [1.807, 2.05) is 6.92 Å². The third-order valence-electron chi connectivity index (χ3n) is 3.67. The quantitative estimate of drug-likeness (QED) is 0.926. The fraction of sp³-hybridized carbons (Fsp3) is 0.600. The van der Waals surface area contributed by atoms with Gasteiger partial charge < -0.3 is 14.6 Å². The molecule has 2 atom stereocenters. The molecule has 21 heavy (non-hydrogen) atoms. The van der Waals surface area contributed by atoms with Crippen molar-refractivity contribution in [3.8, 4) is 5.75 Å². The van der Waals surface area contributed by atoms with E-state index < -0.39 is 12.0 Å². The molecule has 1 aliphatic heterocycles. The van der Waals surface area contributed by atoms with Crippen molar-refractivity contribution < 1.29 is 27.8 Å². The molecule has 1 aliphatic rings. The molecular weight excluding hydrogens is 285 g/mol. The highest BCUT2D eigenvalue weighted by atomic mass is 19.4. The number of alkyl halides is 3. The smallest absolute Gasteiger partial charge is 0.406 e. The van der Waals surface area contributed by atoms with E-state index >= 15 is 0 Å². The Labute approximate surface area is 121 Å². The maximum Gasteiger partial charge on any atom is 0.573 e. The zero-order valence-corrected chi connectivity index (χ0v) is 11.8. The highest BCUT2D eigenvalue weighted by Gasteiger charge is 2.34. The van der Waals surface area contributed by atoms with Crippen LogP contribution in [-0.4, -0.2) is 29.8 Å². The summed E-state index contributed by atoms with van der Waals surface area (Å²) in [6.07, 6.45) is -2.33. The summed E-state index contributed by atoms with van der Waals surface area (Å²) < 4.78 is 45.6. The second-order valence-corrected chi connectivity index (χ2v) is 5.45. The zero-order chi connectivity index (χ0) is 15.5. The first kappa shape index (κ1) is 16.1. The van der Waals surface area contributed by atoms with Gasteiger partial charge in [-0.3, -0.25) is 0 Å². The molecule has 0 bridgehead atoms. The first-order valence-corrected chi connectivity index (χ1v) is 6.98. The van der Waals surface area contributed by atoms with Gasteiger partial charge in [0, 0.05) is 19.4 Å². The van der Waals surface area contributed by atoms with Crippen molar-refractivity contribution in [1.82, 2.24) is 0 Å². The van der Waals surface area contributed by atoms with Gasteiger partial charge in [-0.15, -0.1) is 13.2 Å². The Kier molecular flexibility index (Phi) is 4.78. The van der Waals surface area contributed by atoms with Crippen LogP contribution in [0.5, 0.6) is 5.75 Å². The lowest BCUT2D eigenvalue weighted by atomic mass is 9.84. The molecule has 118 valence electrons. The van der Waals surface area contributed by atoms with Crippen molar-refractivity contribution in [2.45, 2.75) is 50.7 Å². The summed E-state index contributed by atoms with van der Waals surface area (Å²) in [5.41, 5.74) is -0.0746. The maximum atomic E-state index is 12.1. The van der Waals surface area contributed by atoms with Gasteiger partial charge in [-0.2, -0.15) is 0 Å². The van der Waals surface area contributed by atoms with Crippen molar-refractivity contribution in [3.63, 3.8) is 0 Å². The van der Waals surface area contributed by atoms with Crippen LogP contribution in [0.4, 0.5) is 13.2 Å². The van der Waals surface area contributed by atoms with Gasteiger partial charge in [0.2, 0.25) is 0 Å². The number of hydrogen-bond donors (Lipinski definition) is 1. The average Bonchev–Trinajstić information content (AvgIpc) is 2.39. The summed E-state index contributed by atoms with van der Waals surface area (Å²) in [7, 11) is 0. The molecule has 2 unspecified atom stereocenters. The number of rotatable bonds is 4. The fourth-order valence-corrected chi connectivity index (χ4v) is 2.61. The molecule has 0 aliphatic carbocycles. The van der Waals surface area contributed by atoms with Gasteiger partial charge in [0.15, 0.2) is 0 Å². The summed E-state index contributed by atoms with van der Waals surface area (Å²) in [5, 5.41) is 10.6. The Hall–Kier alpha value is -1.27. The molecule has 2 rings (SSSR count). The summed E-state index contributed by atoms with van der Waals surface area (Å²) in [6.45, 7) is 2.50. The number of ether oxygens (including phenoxy) is 2. The molecule has 1 heterocycles. The lowest BCUT2D eigenvalue weighted by molar-refractivity contribution is -0.274. The molecule has 6 heteroatoms. The number of hydrogen-bond acceptors (Lipinski definition) is 3. The minimum absolute atomic E-state index is 0.0385. The molecule has 0 radical (unpaired) electrons. The van der Waals surface area contributed by atoms with Gasteiger partial charge >= 0.3 is 6.36 Å². The molecule has 3 nitrogen and oxygen atoms in total. The molecule has 1 saturated heterocycles. The molecule has 0 saturated carbocycles. The van der Waals surface area contributed by atoms with Crippen LogP contribution in [0.3, 0.4) is 0 Å². The van der Waals surface area contributed by atoms with E-state index in [0.29, 0.717) is 25.9 Å². The molecule has 1 N–H and O–H groups in total. The molecular formula is C15H19F3O3. The van der Waals surface area contributed by atoms with Crippen LogP contribution in [0.15, 0.2) is 24.3 Å². The molecule has 1 aromatic rings. The second-order valence-electron chi connectivity index (χ2n) is 5.45. The zero-order valence-electron chi connectivity index (χ0n) is 11.8. The van der Waals surface area contributed by atoms with Crippen LogP contribution in [0.2, 0.25) is 0 Å². The van der Waals surface area contributed by atoms with Gasteiger partial charge in [0.05, 0.1) is 11.7 Å². The van der Waals surface area contributed by atoms with Crippen molar-refractivity contribution in [1.29, 1.82) is 0 Å². The third kappa shape index (κ3) is 4.89. The van der Waals surface area contributed by atoms with E-state index in [2.05, 4.69) is 4.74 Å². The van der Waals surface area contributed by atoms with Crippen LogP contribution in [-0.2, 0) is 11.2 Å². The summed E-state index contributed by atoms with van der Waals surface area (Å²) >= 11 is 0. The van der Waals surface area contributed by atoms with E-state index in [9.17, 15) is 18.3 Å². The average molecular weight is 304 g/mol. The Morgan fingerprint density at radius 1 is 1.33 bits per heavy atom. The first-order valence-electron chi connectivity index (χ1n) is 6.98. The number of halogens is 3. The molecule has 0 amide bonds. The lowest BCUT2D eigenvalue weighted by Gasteiger charge is -2.36. The third-order valence-corrected chi connectivity index (χ3v) is 3.67. The van der Waals surface area contributed by atoms with Crippen LogP contribution in [0, 0.1) is 0 Å². The first-order chi connectivity index (χ1) is 9.80. The highest BCUT2D eigenvalue weighted by Crippen LogP contribution is 2.30. The van der Waals surface area contributed by atoms with Crippen LogP contribution >= 0.6 is 0 Å². The minimum Gasteiger partial charge on any atom is -0.406 e. The Morgan fingerprint density at radius 2 is 2.00 bits per heavy atom. The van der Waals surface area contributed by atoms with Gasteiger partial charge in [0.1, 0.15) is 5.75 Å². The predicted octanol–water partition coefficient (Wildman–Crippen LogP) is 3.45. The predicted molar refractivity (Wildman–Crippen MR) is 71.0 cm³/mol. The maximum absolute atomic E-state index is 12.1. The van der Waals surface area contributed by atoms with Crippen molar-refractivity contribution >= 4 is 0 Å². The van der Waals surface area contributed by atoms with Crippen LogP contribution < -0.4 is 4.74 Å². The van der Waals surface area contributed by atoms with E-state index in [1.165, 1.54) is 12.1 Å². The number of aliphatic hydroxyl groups is 1. The minimum atomic E-state index is -4.69. The van der Waals surface area contributed by atoms with Crippen LogP contribution in [0.1, 0.15) is 31.7 Å². The fourth-order valence-electron chi connectivity index (χ4n) is 2.61. The molecule has 0 spiro atoms. The van der Waals surface area contributed by atoms with Crippen molar-refractivity contribution in [2.24, 2.45) is 0 Å². The summed E-state index contributed by atoms with van der Waals surface area (Å²) in [6, 6.07) is 5.64. The van der Waals surface area contributed by atoms with E-state index in [1.54, 1.807) is 12.1 Å². The molecule has 1 fully saturated rings. The topological polar surface area (TPSA) is 38.7 Å². The second kappa shape index (κ2) is 6.23. The highest BCUT2D eigenvalue weighted by molar-refractivity contribution is 5.28. The van der Waals surface area contributed by atoms with Gasteiger partial charge in [0.25, 0.3) is 0 Å². The molecule has 1 aromatic carbocycles. The van der Waals surface area contributed by atoms with Gasteiger partial charge in [-0.1, -0.05) is 19.1 Å². The Balaban J connectivity index is 1.99. The van der Waals surface area contributed by atoms with Crippen LogP contribution in [0.25, 0.3) is 0 Å². The van der Waals surface area contributed by atoms with E-state index in [0.717, 1.165) is 12.0 Å². The van der Waals surface area contributed by atoms with Crippen molar-refractivity contribution in [3.05, 3.63) is 29.8 Å². The Morgan fingerprint density at radius 3 is 2.57 bits per heavy atom. The standard InChI is InChI=1S/C15H19F3O3/c1-2-12-10-14(19,7-8-20-12)9-11-3-5-13(6-4-11)21-15(16,17)18/h3-6,12,19H,2,7-10H2,1H3. The van der Waals surface area contributed by atoms with Gasteiger partial charge in [-0.05, 0) is 30.5 Å². The van der Waals surface area contributed by atoms with E-state index in [-0.39, 0.29) is 11.9 Å².